The molecule has 4 saturated heterocycles. The van der Waals surface area contributed by atoms with Crippen molar-refractivity contribution in [2.45, 2.75) is 94.2 Å². The lowest BCUT2D eigenvalue weighted by atomic mass is 9.72. The molecule has 8 atom stereocenters. The molecule has 8 rings (SSSR count). The number of amides is 4. The van der Waals surface area contributed by atoms with Crippen LogP contribution in [0.4, 0.5) is 0 Å². The second-order valence-corrected chi connectivity index (χ2v) is 18.9. The number of benzene rings is 2. The summed E-state index contributed by atoms with van der Waals surface area (Å²) in [4.78, 5) is 83.7. The molecule has 4 fully saturated rings. The van der Waals surface area contributed by atoms with Gasteiger partial charge < -0.3 is 58.3 Å². The molecule has 2 radical (unpaired) electrons. The van der Waals surface area contributed by atoms with Gasteiger partial charge in [0.25, 0.3) is 5.91 Å². The average Bonchev–Trinajstić information content (AvgIpc) is 3.71. The Morgan fingerprint density at radius 3 is 2.48 bits per heavy atom. The molecule has 7 N–H and O–H groups in total. The fourth-order valence-electron chi connectivity index (χ4n) is 10.1. The van der Waals surface area contributed by atoms with Gasteiger partial charge in [0.05, 0.1) is 48.4 Å². The largest absolute Gasteiger partial charge is 0.507 e. The Morgan fingerprint density at radius 1 is 0.985 bits per heavy atom. The van der Waals surface area contributed by atoms with Gasteiger partial charge in [-0.15, -0.1) is 0 Å². The minimum absolute atomic E-state index is 0.0110. The zero-order valence-electron chi connectivity index (χ0n) is 37.4. The number of nitrogens with zero attached hydrogens (tertiary/aromatic N) is 2. The molecule has 2 aliphatic carbocycles. The molecule has 0 aromatic heterocycles. The molecule has 360 valence electrons. The number of likely N-dealkylation sites (tertiary alicyclic amines) is 1. The van der Waals surface area contributed by atoms with E-state index in [1.807, 2.05) is 0 Å². The predicted octanol–water partition coefficient (Wildman–Crippen LogP) is -0.551. The summed E-state index contributed by atoms with van der Waals surface area (Å²) in [5.41, 5.74) is 0.637. The van der Waals surface area contributed by atoms with Crippen molar-refractivity contribution in [3.05, 3.63) is 51.6 Å². The van der Waals surface area contributed by atoms with Crippen LogP contribution in [0.3, 0.4) is 0 Å². The quantitative estimate of drug-likeness (QED) is 0.0462. The van der Waals surface area contributed by atoms with E-state index in [1.54, 1.807) is 6.92 Å². The van der Waals surface area contributed by atoms with Crippen molar-refractivity contribution < 1.29 is 72.5 Å². The number of fused-ring (bicyclic) bond motifs is 6. The van der Waals surface area contributed by atoms with Gasteiger partial charge in [-0.25, -0.2) is 0 Å². The summed E-state index contributed by atoms with van der Waals surface area (Å²) >= 11 is 3.46. The standard InChI is InChI=1S/C44H56N6O15S.Al/c1-21-39-25(50-14-15-62-42(61-3)41(50)65-39)17-30(63-21)64-27-19-44(59,18-24-32(27)38(56)34-33(36(24)54)35(53)23-5-4-6-26(60-2)31(23)37(34)55)43(58)48-47-28(51)9-16-66-20-29(52)46-10-13-49-11-7-22(8-12-49)40(45)57;/h4-6,21-22,25,27,30,39,41-42,59H,7-20H2,1-3H3,(H7,45,46,47,48,51,52,53,54,55,56,57,58);/q;+1/p-1/t21-,25-,27-,30-,39+,41+,42-,44-;/m0./s1. The molecule has 0 saturated carbocycles. The first-order chi connectivity index (χ1) is 32.2. The molecule has 0 spiro atoms. The van der Waals surface area contributed by atoms with Crippen LogP contribution in [0.5, 0.6) is 17.2 Å². The number of thioether (sulfide) groups is 1. The van der Waals surface area contributed by atoms with E-state index in [9.17, 15) is 44.1 Å². The maximum Gasteiger partial charge on any atom is 0.310 e. The lowest BCUT2D eigenvalue weighted by molar-refractivity contribution is -0.256. The molecule has 0 bridgehead atoms. The number of carbonyl (C=O) groups is 6. The molecule has 0 unspecified atom stereocenters. The Bertz CT molecular complexity index is 2280. The van der Waals surface area contributed by atoms with E-state index >= 15 is 0 Å². The Hall–Kier alpha value is -4.38. The van der Waals surface area contributed by atoms with Crippen LogP contribution in [-0.4, -0.2) is 185 Å². The summed E-state index contributed by atoms with van der Waals surface area (Å²) in [7, 11) is 2.85. The van der Waals surface area contributed by atoms with Crippen molar-refractivity contribution in [1.29, 1.82) is 0 Å². The highest BCUT2D eigenvalue weighted by atomic mass is 32.2. The molecule has 2 aromatic carbocycles. The molecule has 67 heavy (non-hydrogen) atoms. The molecule has 21 nitrogen and oxygen atoms in total. The number of ketones is 2. The number of piperidine rings is 1. The van der Waals surface area contributed by atoms with Crippen molar-refractivity contribution in [3.63, 3.8) is 0 Å². The third kappa shape index (κ3) is 9.79. The van der Waals surface area contributed by atoms with Gasteiger partial charge in [-0.3, -0.25) is 44.5 Å². The first-order valence-corrected chi connectivity index (χ1v) is 24.0. The number of hydrogen-bond donors (Lipinski definition) is 7. The van der Waals surface area contributed by atoms with Crippen LogP contribution < -0.4 is 25.2 Å². The zero-order valence-corrected chi connectivity index (χ0v) is 39.3. The molecule has 4 heterocycles. The van der Waals surface area contributed by atoms with Crippen LogP contribution in [0.25, 0.3) is 0 Å². The highest BCUT2D eigenvalue weighted by Crippen LogP contribution is 2.53. The summed E-state index contributed by atoms with van der Waals surface area (Å²) in [5, 5.41) is 39.0. The normalized spacial score (nSPS) is 28.3. The third-order valence-electron chi connectivity index (χ3n) is 13.5. The Balaban J connectivity index is 0.938. The summed E-state index contributed by atoms with van der Waals surface area (Å²) in [6.45, 7) is 5.34. The number of phenolic OH excluding ortho intramolecular Hbond substituents is 2. The fraction of sp³-hybridized carbons (Fsp3) is 0.591. The second kappa shape index (κ2) is 20.7. The van der Waals surface area contributed by atoms with Crippen molar-refractivity contribution in [1.82, 2.24) is 30.3 Å². The lowest BCUT2D eigenvalue weighted by Gasteiger charge is -2.43. The molecule has 4 amide bonds. The second-order valence-electron chi connectivity index (χ2n) is 17.5. The number of carbonyl (C=O) groups excluding carboxylic acids is 6. The Labute approximate surface area is 398 Å². The maximum atomic E-state index is 14.2. The van der Waals surface area contributed by atoms with Gasteiger partial charge >= 0.3 is 16.5 Å². The summed E-state index contributed by atoms with van der Waals surface area (Å²) in [5.74, 6) is -4.47. The van der Waals surface area contributed by atoms with Gasteiger partial charge in [0, 0.05) is 86.8 Å². The third-order valence-corrected chi connectivity index (χ3v) is 14.7. The topological polar surface area (TPSA) is 273 Å². The van der Waals surface area contributed by atoms with Crippen LogP contribution in [0.15, 0.2) is 18.2 Å². The smallest absolute Gasteiger partial charge is 0.310 e. The van der Waals surface area contributed by atoms with Crippen molar-refractivity contribution in [2.75, 3.05) is 65.1 Å². The minimum atomic E-state index is -2.42. The van der Waals surface area contributed by atoms with E-state index in [0.29, 0.717) is 26.2 Å². The van der Waals surface area contributed by atoms with Gasteiger partial charge in [-0.05, 0) is 38.9 Å². The van der Waals surface area contributed by atoms with E-state index in [2.05, 4.69) is 46.8 Å². The highest BCUT2D eigenvalue weighted by molar-refractivity contribution is 7.99. The number of morpholine rings is 1. The van der Waals surface area contributed by atoms with E-state index in [4.69, 9.17) is 28.4 Å². The summed E-state index contributed by atoms with van der Waals surface area (Å²) in [6.07, 6.45) is -4.09. The van der Waals surface area contributed by atoms with Crippen molar-refractivity contribution in [3.8, 4) is 17.2 Å². The van der Waals surface area contributed by atoms with E-state index in [0.717, 1.165) is 25.9 Å². The van der Waals surface area contributed by atoms with Gasteiger partial charge in [0.15, 0.2) is 36.1 Å². The van der Waals surface area contributed by atoms with Crippen molar-refractivity contribution >= 4 is 63.5 Å². The Kier molecular flexibility index (Phi) is 15.1. The number of ether oxygens (including phenoxy) is 6. The van der Waals surface area contributed by atoms with Crippen LogP contribution in [-0.2, 0) is 49.3 Å². The van der Waals surface area contributed by atoms with Crippen LogP contribution in [0.1, 0.15) is 88.1 Å². The molecular weight excluding hydrogens is 912 g/mol. The number of rotatable bonds is 14. The number of hydrogen-bond acceptors (Lipinski definition) is 18. The zero-order chi connectivity index (χ0) is 47.7. The fourth-order valence-corrected chi connectivity index (χ4v) is 11.1. The van der Waals surface area contributed by atoms with Gasteiger partial charge in [-0.1, -0.05) is 12.1 Å². The summed E-state index contributed by atoms with van der Waals surface area (Å²) < 4.78 is 38.5. The maximum absolute atomic E-state index is 14.2. The number of aliphatic hydroxyl groups is 1. The van der Waals surface area contributed by atoms with Crippen LogP contribution >= 0.6 is 11.8 Å². The first-order valence-electron chi connectivity index (χ1n) is 22.3. The van der Waals surface area contributed by atoms with E-state index in [1.165, 1.54) is 44.2 Å². The molecule has 2 aromatic rings. The summed E-state index contributed by atoms with van der Waals surface area (Å²) in [6, 6.07) is 4.15. The monoisotopic (exact) mass is 966 g/mol. The van der Waals surface area contributed by atoms with E-state index < -0.39 is 102 Å². The minimum Gasteiger partial charge on any atom is -0.507 e. The number of hydrazine groups is 1. The SMILES string of the molecule is COc1cccc2c1C(=O)c1c(O)c3c(c(O)c1C2=O)C[C@@](O)(C(=O)NNC(=O)CCSCC(=O)NCCN1CCC(C(=O)[NH][Al])CC1)C[C@@H]3O[C@H]1C[C@H]2[C@H](O[C@@H]3[C@@H](OC)OCCN32)[C@H](C)O1. The first kappa shape index (κ1) is 49.1. The predicted molar refractivity (Wildman–Crippen MR) is 236 cm³/mol. The lowest BCUT2D eigenvalue weighted by Crippen LogP contribution is -2.57. The number of nitrogens with one attached hydrogen (secondary N) is 4. The molecule has 4 aliphatic heterocycles. The molecule has 6 aliphatic rings. The van der Waals surface area contributed by atoms with Crippen LogP contribution in [0.2, 0.25) is 0 Å². The molecular formula is C44H55AlN6O15S. The van der Waals surface area contributed by atoms with Crippen molar-refractivity contribution in [2.24, 2.45) is 5.92 Å². The number of phenols is 2. The number of aromatic hydroxyl groups is 2. The highest BCUT2D eigenvalue weighted by Gasteiger charge is 2.55. The van der Waals surface area contributed by atoms with Gasteiger partial charge in [0.1, 0.15) is 23.4 Å². The Morgan fingerprint density at radius 2 is 1.75 bits per heavy atom. The van der Waals surface area contributed by atoms with E-state index in [-0.39, 0.29) is 76.1 Å². The number of methoxy groups -OCH3 is 2. The van der Waals surface area contributed by atoms with Gasteiger partial charge in [0.2, 0.25) is 17.6 Å². The molecule has 23 heteroatoms. The average molecular weight is 967 g/mol. The van der Waals surface area contributed by atoms with Gasteiger partial charge in [-0.2, -0.15) is 11.8 Å². The van der Waals surface area contributed by atoms with Crippen LogP contribution in [0, 0.1) is 5.92 Å².